The van der Waals surface area contributed by atoms with Crippen molar-refractivity contribution in [3.8, 4) is 0 Å². The predicted molar refractivity (Wildman–Crippen MR) is 90.0 cm³/mol. The van der Waals surface area contributed by atoms with E-state index in [1.807, 2.05) is 6.92 Å². The Kier molecular flexibility index (Phi) is 4.00. The number of rotatable bonds is 2. The third-order valence-corrected chi connectivity index (χ3v) is 4.94. The van der Waals surface area contributed by atoms with Crippen LogP contribution in [0.25, 0.3) is 11.0 Å². The summed E-state index contributed by atoms with van der Waals surface area (Å²) in [4.78, 5) is 4.83. The van der Waals surface area contributed by atoms with Gasteiger partial charge in [0.25, 0.3) is 0 Å². The number of hydrogen-bond donors (Lipinski definition) is 0. The average Bonchev–Trinajstić information content (AvgIpc) is 2.76. The number of imidazole rings is 1. The Morgan fingerprint density at radius 1 is 1.19 bits per heavy atom. The Balaban J connectivity index is 2.13. The summed E-state index contributed by atoms with van der Waals surface area (Å²) >= 11 is 6.43. The molecule has 0 bridgehead atoms. The summed E-state index contributed by atoms with van der Waals surface area (Å²) in [6.45, 7) is 8.89. The van der Waals surface area contributed by atoms with Gasteiger partial charge in [-0.05, 0) is 62.6 Å². The molecule has 0 amide bonds. The van der Waals surface area contributed by atoms with Gasteiger partial charge in [-0.1, -0.05) is 19.9 Å². The maximum Gasteiger partial charge on any atom is 0.127 e. The van der Waals surface area contributed by atoms with Crippen molar-refractivity contribution >= 4 is 22.6 Å². The van der Waals surface area contributed by atoms with Crippen LogP contribution in [0.5, 0.6) is 0 Å². The molecule has 3 rings (SSSR count). The molecule has 0 radical (unpaired) electrons. The molecule has 1 aliphatic rings. The van der Waals surface area contributed by atoms with E-state index >= 15 is 0 Å². The Morgan fingerprint density at radius 3 is 2.48 bits per heavy atom. The Labute approximate surface area is 132 Å². The first-order valence-corrected chi connectivity index (χ1v) is 8.52. The molecule has 3 unspecified atom stereocenters. The Morgan fingerprint density at radius 2 is 1.86 bits per heavy atom. The van der Waals surface area contributed by atoms with E-state index in [1.165, 1.54) is 30.3 Å². The summed E-state index contributed by atoms with van der Waals surface area (Å²) in [6.07, 6.45) is 3.81. The lowest BCUT2D eigenvalue weighted by atomic mass is 9.80. The van der Waals surface area contributed by atoms with Gasteiger partial charge in [-0.3, -0.25) is 0 Å². The molecule has 0 aliphatic heterocycles. The number of fused-ring (bicyclic) bond motifs is 1. The van der Waals surface area contributed by atoms with Gasteiger partial charge in [0.15, 0.2) is 0 Å². The van der Waals surface area contributed by atoms with Crippen molar-refractivity contribution in [1.29, 1.82) is 0 Å². The topological polar surface area (TPSA) is 17.8 Å². The first-order chi connectivity index (χ1) is 9.95. The lowest BCUT2D eigenvalue weighted by Crippen LogP contribution is -2.24. The largest absolute Gasteiger partial charge is 0.324 e. The van der Waals surface area contributed by atoms with Crippen molar-refractivity contribution in [2.45, 2.75) is 58.4 Å². The molecule has 1 saturated carbocycles. The number of aromatic nitrogens is 2. The highest BCUT2D eigenvalue weighted by molar-refractivity contribution is 6.20. The molecule has 1 heterocycles. The van der Waals surface area contributed by atoms with Gasteiger partial charge in [0.2, 0.25) is 0 Å². The van der Waals surface area contributed by atoms with Crippen LogP contribution in [0.3, 0.4) is 0 Å². The highest BCUT2D eigenvalue weighted by Gasteiger charge is 2.29. The van der Waals surface area contributed by atoms with Gasteiger partial charge in [-0.25, -0.2) is 4.98 Å². The molecule has 1 aromatic heterocycles. The normalized spacial score (nSPS) is 28.0. The van der Waals surface area contributed by atoms with Gasteiger partial charge in [-0.2, -0.15) is 0 Å². The van der Waals surface area contributed by atoms with Crippen molar-refractivity contribution in [1.82, 2.24) is 9.55 Å². The summed E-state index contributed by atoms with van der Waals surface area (Å²) < 4.78 is 2.43. The van der Waals surface area contributed by atoms with Gasteiger partial charge in [0, 0.05) is 6.04 Å². The lowest BCUT2D eigenvalue weighted by Gasteiger charge is -2.33. The lowest BCUT2D eigenvalue weighted by molar-refractivity contribution is 0.221. The second-order valence-corrected chi connectivity index (χ2v) is 7.67. The van der Waals surface area contributed by atoms with E-state index in [4.69, 9.17) is 16.6 Å². The Hall–Kier alpha value is -1.02. The number of hydrogen-bond acceptors (Lipinski definition) is 1. The zero-order valence-electron chi connectivity index (χ0n) is 13.4. The van der Waals surface area contributed by atoms with Crippen molar-refractivity contribution in [3.05, 3.63) is 29.6 Å². The van der Waals surface area contributed by atoms with Gasteiger partial charge in [-0.15, -0.1) is 11.6 Å². The standard InChI is InChI=1S/C18H25ClN2/c1-11-5-6-17-16(10-11)20-18(14(4)19)21(17)15-8-12(2)7-13(3)9-15/h5-6,10,12-15H,7-9H2,1-4H3. The molecule has 0 saturated heterocycles. The first kappa shape index (κ1) is 14.9. The summed E-state index contributed by atoms with van der Waals surface area (Å²) in [5, 5.41) is -0.0507. The van der Waals surface area contributed by atoms with E-state index in [-0.39, 0.29) is 5.38 Å². The molecule has 1 fully saturated rings. The van der Waals surface area contributed by atoms with E-state index in [0.29, 0.717) is 6.04 Å². The Bertz CT molecular complexity index is 634. The summed E-state index contributed by atoms with van der Waals surface area (Å²) in [5.74, 6) is 2.59. The van der Waals surface area contributed by atoms with E-state index < -0.39 is 0 Å². The summed E-state index contributed by atoms with van der Waals surface area (Å²) in [7, 11) is 0. The molecule has 1 aromatic carbocycles. The van der Waals surface area contributed by atoms with Gasteiger partial charge in [0.05, 0.1) is 16.4 Å². The minimum atomic E-state index is -0.0507. The number of nitrogens with zero attached hydrogens (tertiary/aromatic N) is 2. The van der Waals surface area contributed by atoms with Crippen LogP contribution in [-0.4, -0.2) is 9.55 Å². The monoisotopic (exact) mass is 304 g/mol. The second-order valence-electron chi connectivity index (χ2n) is 7.02. The van der Waals surface area contributed by atoms with Crippen LogP contribution < -0.4 is 0 Å². The predicted octanol–water partition coefficient (Wildman–Crippen LogP) is 5.64. The van der Waals surface area contributed by atoms with E-state index in [2.05, 4.69) is 43.5 Å². The molecule has 2 aromatic rings. The van der Waals surface area contributed by atoms with E-state index in [1.54, 1.807) is 0 Å². The quantitative estimate of drug-likeness (QED) is 0.656. The number of benzene rings is 1. The zero-order chi connectivity index (χ0) is 15.1. The molecule has 1 aliphatic carbocycles. The van der Waals surface area contributed by atoms with Gasteiger partial charge >= 0.3 is 0 Å². The van der Waals surface area contributed by atoms with Crippen LogP contribution in [0.15, 0.2) is 18.2 Å². The number of alkyl halides is 1. The van der Waals surface area contributed by atoms with Gasteiger partial charge in [0.1, 0.15) is 5.82 Å². The molecule has 2 nitrogen and oxygen atoms in total. The molecule has 0 spiro atoms. The summed E-state index contributed by atoms with van der Waals surface area (Å²) in [6, 6.07) is 7.10. The number of aryl methyl sites for hydroxylation is 1. The molecule has 3 atom stereocenters. The smallest absolute Gasteiger partial charge is 0.127 e. The van der Waals surface area contributed by atoms with Crippen LogP contribution in [0, 0.1) is 18.8 Å². The molecular weight excluding hydrogens is 280 g/mol. The zero-order valence-corrected chi connectivity index (χ0v) is 14.2. The van der Waals surface area contributed by atoms with Crippen molar-refractivity contribution in [3.63, 3.8) is 0 Å². The summed E-state index contributed by atoms with van der Waals surface area (Å²) in [5.41, 5.74) is 3.59. The second kappa shape index (κ2) is 5.64. The van der Waals surface area contributed by atoms with Crippen molar-refractivity contribution < 1.29 is 0 Å². The highest BCUT2D eigenvalue weighted by atomic mass is 35.5. The van der Waals surface area contributed by atoms with Crippen LogP contribution >= 0.6 is 11.6 Å². The van der Waals surface area contributed by atoms with Crippen LogP contribution in [0.2, 0.25) is 0 Å². The van der Waals surface area contributed by atoms with E-state index in [0.717, 1.165) is 23.2 Å². The fourth-order valence-corrected chi connectivity index (χ4v) is 4.16. The SMILES string of the molecule is Cc1ccc2c(c1)nc(C(C)Cl)n2C1CC(C)CC(C)C1. The van der Waals surface area contributed by atoms with Gasteiger partial charge < -0.3 is 4.57 Å². The highest BCUT2D eigenvalue weighted by Crippen LogP contribution is 2.40. The number of halogens is 1. The fraction of sp³-hybridized carbons (Fsp3) is 0.611. The molecule has 114 valence electrons. The third kappa shape index (κ3) is 2.83. The van der Waals surface area contributed by atoms with Crippen molar-refractivity contribution in [2.75, 3.05) is 0 Å². The van der Waals surface area contributed by atoms with Crippen molar-refractivity contribution in [2.24, 2.45) is 11.8 Å². The van der Waals surface area contributed by atoms with Crippen LogP contribution in [0.4, 0.5) is 0 Å². The third-order valence-electron chi connectivity index (χ3n) is 4.75. The molecular formula is C18H25ClN2. The van der Waals surface area contributed by atoms with E-state index in [9.17, 15) is 0 Å². The van der Waals surface area contributed by atoms with Crippen LogP contribution in [-0.2, 0) is 0 Å². The molecule has 3 heteroatoms. The maximum atomic E-state index is 6.43. The minimum absolute atomic E-state index is 0.0507. The average molecular weight is 305 g/mol. The van der Waals surface area contributed by atoms with Crippen LogP contribution in [0.1, 0.15) is 62.8 Å². The minimum Gasteiger partial charge on any atom is -0.324 e. The molecule has 0 N–H and O–H groups in total. The fourth-order valence-electron chi connectivity index (χ4n) is 4.01. The molecule has 21 heavy (non-hydrogen) atoms. The first-order valence-electron chi connectivity index (χ1n) is 8.08. The maximum absolute atomic E-state index is 6.43.